The third kappa shape index (κ3) is 3.05. The molecule has 4 nitrogen and oxygen atoms in total. The Balaban J connectivity index is 1.56. The molecule has 0 saturated heterocycles. The van der Waals surface area contributed by atoms with E-state index in [0.29, 0.717) is 35.5 Å². The molecule has 160 valence electrons. The average molecular weight is 393 g/mol. The quantitative estimate of drug-likeness (QED) is 0.659. The van der Waals surface area contributed by atoms with E-state index in [1.54, 1.807) is 0 Å². The highest BCUT2D eigenvalue weighted by Crippen LogP contribution is 2.68. The van der Waals surface area contributed by atoms with E-state index in [9.17, 15) is 15.0 Å². The summed E-state index contributed by atoms with van der Waals surface area (Å²) in [6.07, 6.45) is 9.26. The zero-order valence-corrected chi connectivity index (χ0v) is 17.9. The lowest BCUT2D eigenvalue weighted by Gasteiger charge is -2.62. The Morgan fingerprint density at radius 3 is 2.50 bits per heavy atom. The maximum atomic E-state index is 11.5. The van der Waals surface area contributed by atoms with Crippen LogP contribution in [0.3, 0.4) is 0 Å². The van der Waals surface area contributed by atoms with Gasteiger partial charge in [0, 0.05) is 6.42 Å². The monoisotopic (exact) mass is 392 g/mol. The fraction of sp³-hybridized carbons (Fsp3) is 0.958. The minimum absolute atomic E-state index is 0.0591. The van der Waals surface area contributed by atoms with E-state index in [-0.39, 0.29) is 29.5 Å². The summed E-state index contributed by atoms with van der Waals surface area (Å²) in [5.41, 5.74) is 0.216. The van der Waals surface area contributed by atoms with Gasteiger partial charge in [-0.05, 0) is 104 Å². The molecule has 3 N–H and O–H groups in total. The first-order chi connectivity index (χ1) is 13.2. The first-order valence-corrected chi connectivity index (χ1v) is 11.8. The second-order valence-electron chi connectivity index (χ2n) is 11.3. The maximum Gasteiger partial charge on any atom is 0.303 e. The number of hydrogen-bond donors (Lipinski definition) is 3. The molecular formula is C24H40O4. The molecule has 0 heterocycles. The standard InChI is InChI=1S/C24H40O4/c1-14(4-9-22(27)28)18-7-8-19-17-6-5-15-12-16(25)10-11-23(15,2)20(17)13-21(26)24(18,19)3/h14-21,25-26H,4-13H2,1-3H3,(H,27,28)/t14-,15+,16-,17-,18+,19+,20-,21+,23+,24-/m1/s1. The zero-order chi connectivity index (χ0) is 20.3. The first kappa shape index (κ1) is 20.7. The third-order valence-electron chi connectivity index (χ3n) is 10.3. The molecule has 0 spiro atoms. The Labute approximate surface area is 170 Å². The van der Waals surface area contributed by atoms with Crippen molar-refractivity contribution < 1.29 is 20.1 Å². The van der Waals surface area contributed by atoms with Crippen LogP contribution in [0.25, 0.3) is 0 Å². The summed E-state index contributed by atoms with van der Waals surface area (Å²) in [6.45, 7) is 6.99. The molecule has 0 bridgehead atoms. The number of carboxylic acid groups (broad SMARTS) is 1. The Kier molecular flexibility index (Phi) is 5.36. The fourth-order valence-electron chi connectivity index (χ4n) is 8.71. The van der Waals surface area contributed by atoms with Crippen molar-refractivity contribution in [3.8, 4) is 0 Å². The molecule has 4 saturated carbocycles. The van der Waals surface area contributed by atoms with Gasteiger partial charge >= 0.3 is 5.97 Å². The summed E-state index contributed by atoms with van der Waals surface area (Å²) < 4.78 is 0. The normalized spacial score (nSPS) is 51.7. The lowest BCUT2D eigenvalue weighted by molar-refractivity contribution is -0.175. The molecule has 4 aliphatic rings. The van der Waals surface area contributed by atoms with Gasteiger partial charge in [0.1, 0.15) is 0 Å². The first-order valence-electron chi connectivity index (χ1n) is 11.8. The molecule has 0 amide bonds. The third-order valence-corrected chi connectivity index (χ3v) is 10.3. The van der Waals surface area contributed by atoms with E-state index in [1.807, 2.05) is 0 Å². The highest BCUT2D eigenvalue weighted by Gasteiger charge is 2.63. The maximum absolute atomic E-state index is 11.5. The molecule has 4 rings (SSSR count). The van der Waals surface area contributed by atoms with E-state index in [2.05, 4.69) is 20.8 Å². The number of carboxylic acids is 1. The van der Waals surface area contributed by atoms with Crippen LogP contribution in [-0.4, -0.2) is 33.5 Å². The molecule has 0 aliphatic heterocycles. The largest absolute Gasteiger partial charge is 0.481 e. The van der Waals surface area contributed by atoms with Gasteiger partial charge in [0.25, 0.3) is 0 Å². The number of hydrogen-bond acceptors (Lipinski definition) is 3. The molecule has 0 aromatic heterocycles. The van der Waals surface area contributed by atoms with Crippen molar-refractivity contribution in [2.75, 3.05) is 0 Å². The smallest absolute Gasteiger partial charge is 0.303 e. The number of fused-ring (bicyclic) bond motifs is 5. The minimum Gasteiger partial charge on any atom is -0.481 e. The highest BCUT2D eigenvalue weighted by atomic mass is 16.4. The summed E-state index contributed by atoms with van der Waals surface area (Å²) in [6, 6.07) is 0. The molecule has 0 aromatic rings. The van der Waals surface area contributed by atoms with Gasteiger partial charge in [-0.2, -0.15) is 0 Å². The van der Waals surface area contributed by atoms with Crippen molar-refractivity contribution in [1.29, 1.82) is 0 Å². The van der Waals surface area contributed by atoms with Crippen molar-refractivity contribution in [1.82, 2.24) is 0 Å². The Morgan fingerprint density at radius 1 is 1.04 bits per heavy atom. The summed E-state index contributed by atoms with van der Waals surface area (Å²) in [7, 11) is 0. The molecule has 0 aromatic carbocycles. The van der Waals surface area contributed by atoms with Crippen molar-refractivity contribution in [3.05, 3.63) is 0 Å². The molecule has 28 heavy (non-hydrogen) atoms. The predicted molar refractivity (Wildman–Crippen MR) is 109 cm³/mol. The lowest BCUT2D eigenvalue weighted by Crippen LogP contribution is -2.58. The molecule has 0 radical (unpaired) electrons. The van der Waals surface area contributed by atoms with Crippen molar-refractivity contribution in [2.24, 2.45) is 46.3 Å². The molecular weight excluding hydrogens is 352 g/mol. The van der Waals surface area contributed by atoms with Gasteiger partial charge in [-0.25, -0.2) is 0 Å². The number of carbonyl (C=O) groups is 1. The van der Waals surface area contributed by atoms with Gasteiger partial charge in [-0.3, -0.25) is 4.79 Å². The van der Waals surface area contributed by atoms with Gasteiger partial charge < -0.3 is 15.3 Å². The molecule has 4 fully saturated rings. The second-order valence-corrected chi connectivity index (χ2v) is 11.3. The Hall–Kier alpha value is -0.610. The molecule has 10 atom stereocenters. The van der Waals surface area contributed by atoms with Crippen LogP contribution in [0, 0.1) is 46.3 Å². The van der Waals surface area contributed by atoms with Gasteiger partial charge in [0.2, 0.25) is 0 Å². The minimum atomic E-state index is -0.707. The van der Waals surface area contributed by atoms with Crippen LogP contribution < -0.4 is 0 Å². The van der Waals surface area contributed by atoms with E-state index >= 15 is 0 Å². The zero-order valence-electron chi connectivity index (χ0n) is 17.9. The van der Waals surface area contributed by atoms with Crippen LogP contribution >= 0.6 is 0 Å². The van der Waals surface area contributed by atoms with Gasteiger partial charge in [-0.15, -0.1) is 0 Å². The van der Waals surface area contributed by atoms with E-state index < -0.39 is 5.97 Å². The van der Waals surface area contributed by atoms with Gasteiger partial charge in [0.05, 0.1) is 12.2 Å². The topological polar surface area (TPSA) is 77.8 Å². The van der Waals surface area contributed by atoms with Crippen LogP contribution in [0.15, 0.2) is 0 Å². The predicted octanol–water partition coefficient (Wildman–Crippen LogP) is 4.48. The van der Waals surface area contributed by atoms with Gasteiger partial charge in [0.15, 0.2) is 0 Å². The number of rotatable bonds is 4. The summed E-state index contributed by atoms with van der Waals surface area (Å²) in [4.78, 5) is 11.1. The van der Waals surface area contributed by atoms with Crippen LogP contribution in [0.4, 0.5) is 0 Å². The van der Waals surface area contributed by atoms with Gasteiger partial charge in [-0.1, -0.05) is 20.8 Å². The molecule has 0 unspecified atom stereocenters. The Bertz CT molecular complexity index is 605. The van der Waals surface area contributed by atoms with Crippen LogP contribution in [0.5, 0.6) is 0 Å². The highest BCUT2D eigenvalue weighted by molar-refractivity contribution is 5.66. The number of aliphatic hydroxyl groups is 2. The summed E-state index contributed by atoms with van der Waals surface area (Å²) in [5.74, 6) is 2.55. The van der Waals surface area contributed by atoms with E-state index in [4.69, 9.17) is 5.11 Å². The molecule has 4 heteroatoms. The average Bonchev–Trinajstić information content (AvgIpc) is 3.00. The van der Waals surface area contributed by atoms with Crippen molar-refractivity contribution in [3.63, 3.8) is 0 Å². The fourth-order valence-corrected chi connectivity index (χ4v) is 8.71. The lowest BCUT2D eigenvalue weighted by atomic mass is 9.43. The second kappa shape index (κ2) is 7.27. The van der Waals surface area contributed by atoms with Crippen molar-refractivity contribution >= 4 is 5.97 Å². The van der Waals surface area contributed by atoms with E-state index in [1.165, 1.54) is 19.3 Å². The molecule has 4 aliphatic carbocycles. The van der Waals surface area contributed by atoms with Crippen molar-refractivity contribution in [2.45, 2.75) is 97.2 Å². The summed E-state index contributed by atoms with van der Waals surface area (Å²) in [5, 5.41) is 30.8. The van der Waals surface area contributed by atoms with E-state index in [0.717, 1.165) is 38.5 Å². The Morgan fingerprint density at radius 2 is 1.79 bits per heavy atom. The summed E-state index contributed by atoms with van der Waals surface area (Å²) >= 11 is 0. The number of aliphatic hydroxyl groups excluding tert-OH is 2. The van der Waals surface area contributed by atoms with Crippen LogP contribution in [0.2, 0.25) is 0 Å². The van der Waals surface area contributed by atoms with Crippen LogP contribution in [0.1, 0.15) is 85.0 Å². The van der Waals surface area contributed by atoms with Crippen LogP contribution in [-0.2, 0) is 4.79 Å². The number of aliphatic carboxylic acids is 1. The SMILES string of the molecule is C[C@H](CCC(=O)O)[C@@H]1CC[C@H]2[C@H]3CC[C@H]4C[C@H](O)CC[C@]4(C)[C@@H]3C[C@H](O)[C@@]21C.